The van der Waals surface area contributed by atoms with Crippen molar-refractivity contribution < 1.29 is 23.8 Å². The smallest absolute Gasteiger partial charge is 0.279 e. The van der Waals surface area contributed by atoms with E-state index in [4.69, 9.17) is 14.2 Å². The average Bonchev–Trinajstić information content (AvgIpc) is 2.84. The Labute approximate surface area is 189 Å². The number of ketones is 1. The van der Waals surface area contributed by atoms with Crippen LogP contribution in [0.2, 0.25) is 0 Å². The van der Waals surface area contributed by atoms with Crippen LogP contribution < -0.4 is 19.5 Å². The van der Waals surface area contributed by atoms with Crippen molar-refractivity contribution in [2.24, 2.45) is 0 Å². The predicted molar refractivity (Wildman–Crippen MR) is 121 cm³/mol. The Morgan fingerprint density at radius 1 is 0.879 bits per heavy atom. The van der Waals surface area contributed by atoms with E-state index in [1.165, 1.54) is 26.3 Å². The molecule has 166 valence electrons. The third-order valence-corrected chi connectivity index (χ3v) is 4.71. The summed E-state index contributed by atoms with van der Waals surface area (Å²) in [6.07, 6.45) is 1.40. The van der Waals surface area contributed by atoms with E-state index in [9.17, 15) is 9.59 Å². The molecule has 9 heteroatoms. The molecule has 1 amide bonds. The molecule has 2 aromatic carbocycles. The number of ether oxygens (including phenoxy) is 3. The monoisotopic (exact) mass is 444 g/mol. The van der Waals surface area contributed by atoms with Crippen molar-refractivity contribution in [3.8, 4) is 23.1 Å². The molecule has 4 aromatic rings. The van der Waals surface area contributed by atoms with Gasteiger partial charge in [-0.25, -0.2) is 9.97 Å². The van der Waals surface area contributed by atoms with Crippen LogP contribution in [-0.4, -0.2) is 40.9 Å². The molecule has 0 bridgehead atoms. The number of amides is 1. The van der Waals surface area contributed by atoms with Gasteiger partial charge >= 0.3 is 0 Å². The molecule has 2 heterocycles. The highest BCUT2D eigenvalue weighted by atomic mass is 16.5. The summed E-state index contributed by atoms with van der Waals surface area (Å²) in [5.41, 5.74) is 1.76. The number of methoxy groups -OCH3 is 2. The van der Waals surface area contributed by atoms with Crippen molar-refractivity contribution in [2.45, 2.75) is 6.92 Å². The van der Waals surface area contributed by atoms with Crippen molar-refractivity contribution in [3.05, 3.63) is 72.2 Å². The van der Waals surface area contributed by atoms with E-state index in [0.29, 0.717) is 39.7 Å². The number of nitrogens with one attached hydrogen (secondary N) is 1. The minimum absolute atomic E-state index is 0.00276. The third kappa shape index (κ3) is 4.72. The zero-order valence-corrected chi connectivity index (χ0v) is 18.2. The van der Waals surface area contributed by atoms with Crippen molar-refractivity contribution >= 4 is 28.4 Å². The second-order valence-corrected chi connectivity index (χ2v) is 6.93. The number of Topliss-reactive ketones (excluding diaryl/α,β-unsaturated/α-hetero) is 1. The van der Waals surface area contributed by atoms with Crippen LogP contribution in [0.5, 0.6) is 23.1 Å². The maximum atomic E-state index is 13.1. The van der Waals surface area contributed by atoms with E-state index in [2.05, 4.69) is 20.3 Å². The Hall–Kier alpha value is -4.53. The van der Waals surface area contributed by atoms with Crippen LogP contribution in [0.25, 0.3) is 11.0 Å². The number of benzene rings is 2. The predicted octanol–water partition coefficient (Wildman–Crippen LogP) is 4.29. The summed E-state index contributed by atoms with van der Waals surface area (Å²) in [6.45, 7) is 1.42. The highest BCUT2D eigenvalue weighted by Crippen LogP contribution is 2.35. The van der Waals surface area contributed by atoms with Gasteiger partial charge in [-0.2, -0.15) is 0 Å². The molecule has 33 heavy (non-hydrogen) atoms. The van der Waals surface area contributed by atoms with Gasteiger partial charge < -0.3 is 19.5 Å². The molecule has 4 rings (SSSR count). The first-order valence-electron chi connectivity index (χ1n) is 9.93. The van der Waals surface area contributed by atoms with Crippen LogP contribution in [0.1, 0.15) is 27.9 Å². The van der Waals surface area contributed by atoms with Gasteiger partial charge in [0.1, 0.15) is 11.4 Å². The fraction of sp³-hybridized carbons (Fsp3) is 0.125. The van der Waals surface area contributed by atoms with Crippen LogP contribution in [-0.2, 0) is 0 Å². The van der Waals surface area contributed by atoms with Crippen molar-refractivity contribution in [1.82, 2.24) is 15.0 Å². The standard InChI is InChI=1S/C24H20N4O5/c1-14(29)17-10-8-15(13-25-17)26-23(30)22-24(28-19-7-5-4-6-18(19)27-22)33-20-11-9-16(31-2)12-21(20)32-3/h4-13H,1-3H3,(H,26,30). The lowest BCUT2D eigenvalue weighted by Gasteiger charge is -2.14. The first-order chi connectivity index (χ1) is 16.0. The largest absolute Gasteiger partial charge is 0.497 e. The number of pyridine rings is 1. The van der Waals surface area contributed by atoms with E-state index < -0.39 is 5.91 Å². The Kier molecular flexibility index (Phi) is 6.12. The van der Waals surface area contributed by atoms with Gasteiger partial charge in [-0.05, 0) is 36.4 Å². The highest BCUT2D eigenvalue weighted by molar-refractivity contribution is 6.05. The van der Waals surface area contributed by atoms with Gasteiger partial charge in [0.25, 0.3) is 11.8 Å². The molecule has 0 aliphatic carbocycles. The molecular formula is C24H20N4O5. The van der Waals surface area contributed by atoms with Gasteiger partial charge in [-0.1, -0.05) is 12.1 Å². The number of carbonyl (C=O) groups excluding carboxylic acids is 2. The summed E-state index contributed by atoms with van der Waals surface area (Å²) < 4.78 is 16.6. The SMILES string of the molecule is COc1ccc(Oc2nc3ccccc3nc2C(=O)Nc2ccc(C(C)=O)nc2)c(OC)c1. The van der Waals surface area contributed by atoms with E-state index in [0.717, 1.165) is 0 Å². The summed E-state index contributed by atoms with van der Waals surface area (Å²) in [6, 6.07) is 15.3. The van der Waals surface area contributed by atoms with Crippen LogP contribution in [0, 0.1) is 0 Å². The number of rotatable bonds is 7. The van der Waals surface area contributed by atoms with Gasteiger partial charge in [0, 0.05) is 13.0 Å². The lowest BCUT2D eigenvalue weighted by atomic mass is 10.2. The normalized spacial score (nSPS) is 10.5. The number of carbonyl (C=O) groups is 2. The number of para-hydroxylation sites is 2. The maximum absolute atomic E-state index is 13.1. The number of nitrogens with zero attached hydrogens (tertiary/aromatic N) is 3. The van der Waals surface area contributed by atoms with Crippen molar-refractivity contribution in [1.29, 1.82) is 0 Å². The second-order valence-electron chi connectivity index (χ2n) is 6.93. The van der Waals surface area contributed by atoms with E-state index >= 15 is 0 Å². The molecule has 0 radical (unpaired) electrons. The number of hydrogen-bond donors (Lipinski definition) is 1. The lowest BCUT2D eigenvalue weighted by Crippen LogP contribution is -2.16. The summed E-state index contributed by atoms with van der Waals surface area (Å²) in [4.78, 5) is 37.5. The molecule has 0 atom stereocenters. The van der Waals surface area contributed by atoms with Gasteiger partial charge in [-0.3, -0.25) is 14.6 Å². The Bertz CT molecular complexity index is 1340. The molecule has 0 aliphatic rings. The molecule has 0 spiro atoms. The Morgan fingerprint density at radius 3 is 2.27 bits per heavy atom. The Morgan fingerprint density at radius 2 is 1.64 bits per heavy atom. The topological polar surface area (TPSA) is 113 Å². The number of anilines is 1. The van der Waals surface area contributed by atoms with Crippen LogP contribution in [0.4, 0.5) is 5.69 Å². The minimum atomic E-state index is -0.548. The number of hydrogen-bond acceptors (Lipinski definition) is 8. The van der Waals surface area contributed by atoms with E-state index in [1.54, 1.807) is 49.6 Å². The number of aromatic nitrogens is 3. The van der Waals surface area contributed by atoms with Gasteiger partial charge in [0.15, 0.2) is 23.0 Å². The first-order valence-corrected chi connectivity index (χ1v) is 9.93. The molecule has 0 saturated heterocycles. The lowest BCUT2D eigenvalue weighted by molar-refractivity contribution is 0.100. The molecule has 0 unspecified atom stereocenters. The van der Waals surface area contributed by atoms with Gasteiger partial charge in [0.2, 0.25) is 0 Å². The molecule has 1 N–H and O–H groups in total. The molecule has 2 aromatic heterocycles. The van der Waals surface area contributed by atoms with Crippen LogP contribution >= 0.6 is 0 Å². The molecule has 0 fully saturated rings. The fourth-order valence-electron chi connectivity index (χ4n) is 3.03. The Balaban J connectivity index is 1.72. The molecule has 0 aliphatic heterocycles. The van der Waals surface area contributed by atoms with Gasteiger partial charge in [0.05, 0.1) is 37.1 Å². The average molecular weight is 444 g/mol. The zero-order valence-electron chi connectivity index (χ0n) is 18.2. The van der Waals surface area contributed by atoms with Crippen LogP contribution in [0.15, 0.2) is 60.8 Å². The minimum Gasteiger partial charge on any atom is -0.497 e. The summed E-state index contributed by atoms with van der Waals surface area (Å²) in [5, 5.41) is 2.72. The summed E-state index contributed by atoms with van der Waals surface area (Å²) in [7, 11) is 3.05. The number of fused-ring (bicyclic) bond motifs is 1. The zero-order chi connectivity index (χ0) is 23.4. The summed E-state index contributed by atoms with van der Waals surface area (Å²) >= 11 is 0. The summed E-state index contributed by atoms with van der Waals surface area (Å²) in [5.74, 6) is 0.612. The van der Waals surface area contributed by atoms with E-state index in [1.807, 2.05) is 6.07 Å². The van der Waals surface area contributed by atoms with Crippen molar-refractivity contribution in [3.63, 3.8) is 0 Å². The molecule has 9 nitrogen and oxygen atoms in total. The van der Waals surface area contributed by atoms with E-state index in [-0.39, 0.29) is 17.4 Å². The quantitative estimate of drug-likeness (QED) is 0.420. The fourth-order valence-corrected chi connectivity index (χ4v) is 3.03. The van der Waals surface area contributed by atoms with Crippen molar-refractivity contribution in [2.75, 3.05) is 19.5 Å². The van der Waals surface area contributed by atoms with Gasteiger partial charge in [-0.15, -0.1) is 0 Å². The molecular weight excluding hydrogens is 424 g/mol. The first kappa shape index (κ1) is 21.7. The highest BCUT2D eigenvalue weighted by Gasteiger charge is 2.21. The third-order valence-electron chi connectivity index (χ3n) is 4.71. The second kappa shape index (κ2) is 9.31. The van der Waals surface area contributed by atoms with Crippen LogP contribution in [0.3, 0.4) is 0 Å². The maximum Gasteiger partial charge on any atom is 0.279 e. The molecule has 0 saturated carbocycles.